The molecule has 23 heavy (non-hydrogen) atoms. The van der Waals surface area contributed by atoms with Crippen molar-refractivity contribution in [2.24, 2.45) is 0 Å². The van der Waals surface area contributed by atoms with Crippen molar-refractivity contribution in [1.29, 1.82) is 0 Å². The van der Waals surface area contributed by atoms with E-state index in [9.17, 15) is 4.39 Å². The van der Waals surface area contributed by atoms with E-state index in [-0.39, 0.29) is 11.8 Å². The Morgan fingerprint density at radius 2 is 2.00 bits per heavy atom. The van der Waals surface area contributed by atoms with Gasteiger partial charge < -0.3 is 21.7 Å². The molecule has 0 radical (unpaired) electrons. The van der Waals surface area contributed by atoms with Crippen molar-refractivity contribution in [2.45, 2.75) is 18.9 Å². The highest BCUT2D eigenvalue weighted by molar-refractivity contribution is 5.61. The zero-order valence-electron chi connectivity index (χ0n) is 13.1. The van der Waals surface area contributed by atoms with E-state index in [4.69, 9.17) is 11.5 Å². The Bertz CT molecular complexity index is 688. The van der Waals surface area contributed by atoms with Crippen LogP contribution in [0.1, 0.15) is 17.5 Å². The van der Waals surface area contributed by atoms with E-state index in [0.717, 1.165) is 36.5 Å². The van der Waals surface area contributed by atoms with E-state index in [1.165, 1.54) is 12.1 Å². The van der Waals surface area contributed by atoms with Gasteiger partial charge >= 0.3 is 0 Å². The molecular formula is C16H21FN6. The number of likely N-dealkylation sites (N-methyl/N-ethyl adjacent to an activating group) is 1. The second-order valence-electron chi connectivity index (χ2n) is 5.79. The summed E-state index contributed by atoms with van der Waals surface area (Å²) in [5.74, 6) is 1.07. The van der Waals surface area contributed by atoms with E-state index in [1.807, 2.05) is 7.05 Å². The first-order valence-corrected chi connectivity index (χ1v) is 7.65. The molecule has 1 aromatic carbocycles. The van der Waals surface area contributed by atoms with Gasteiger partial charge in [-0.05, 0) is 31.2 Å². The van der Waals surface area contributed by atoms with Gasteiger partial charge in [-0.15, -0.1) is 0 Å². The van der Waals surface area contributed by atoms with Crippen molar-refractivity contribution in [1.82, 2.24) is 15.3 Å². The van der Waals surface area contributed by atoms with Gasteiger partial charge in [0, 0.05) is 31.1 Å². The van der Waals surface area contributed by atoms with Gasteiger partial charge in [0.15, 0.2) is 0 Å². The summed E-state index contributed by atoms with van der Waals surface area (Å²) in [6.45, 7) is 1.74. The third-order valence-corrected chi connectivity index (χ3v) is 4.22. The van der Waals surface area contributed by atoms with Crippen LogP contribution >= 0.6 is 0 Å². The monoisotopic (exact) mass is 316 g/mol. The number of hydrogen-bond donors (Lipinski definition) is 3. The van der Waals surface area contributed by atoms with Crippen molar-refractivity contribution in [2.75, 3.05) is 36.5 Å². The molecule has 0 spiro atoms. The summed E-state index contributed by atoms with van der Waals surface area (Å²) in [6.07, 6.45) is 1.58. The summed E-state index contributed by atoms with van der Waals surface area (Å²) in [4.78, 5) is 10.7. The van der Waals surface area contributed by atoms with Crippen molar-refractivity contribution in [3.8, 4) is 0 Å². The fraction of sp³-hybridized carbons (Fsp3) is 0.375. The van der Waals surface area contributed by atoms with Crippen LogP contribution < -0.4 is 21.7 Å². The Labute approximate surface area is 134 Å². The summed E-state index contributed by atoms with van der Waals surface area (Å²) < 4.78 is 13.1. The molecule has 0 aliphatic carbocycles. The molecule has 3 rings (SSSR count). The molecule has 1 saturated heterocycles. The van der Waals surface area contributed by atoms with E-state index < -0.39 is 0 Å². The van der Waals surface area contributed by atoms with Crippen LogP contribution in [0.4, 0.5) is 22.0 Å². The normalized spacial score (nSPS) is 17.7. The van der Waals surface area contributed by atoms with Gasteiger partial charge in [-0.1, -0.05) is 12.1 Å². The van der Waals surface area contributed by atoms with Crippen LogP contribution in [0, 0.1) is 5.82 Å². The Kier molecular flexibility index (Phi) is 4.29. The van der Waals surface area contributed by atoms with E-state index in [2.05, 4.69) is 20.2 Å². The van der Waals surface area contributed by atoms with Gasteiger partial charge in [0.1, 0.15) is 17.5 Å². The molecule has 1 fully saturated rings. The molecule has 0 bridgehead atoms. The second-order valence-corrected chi connectivity index (χ2v) is 5.79. The van der Waals surface area contributed by atoms with Crippen LogP contribution in [0.25, 0.3) is 0 Å². The molecule has 7 heteroatoms. The molecule has 0 saturated carbocycles. The van der Waals surface area contributed by atoms with Crippen molar-refractivity contribution in [3.05, 3.63) is 41.2 Å². The number of nitrogens with two attached hydrogens (primary N) is 2. The van der Waals surface area contributed by atoms with Crippen LogP contribution in [-0.4, -0.2) is 36.1 Å². The molecular weight excluding hydrogens is 295 g/mol. The standard InChI is InChI=1S/C16H21FN6/c1-20-12-6-7-23(9-12)15-13(14(18)21-16(19)22-15)8-10-2-4-11(17)5-3-10/h2-5,12,20H,6-9H2,1H3,(H4,18,19,21,22)/t12-/m1/s1. The minimum absolute atomic E-state index is 0.174. The lowest BCUT2D eigenvalue weighted by Crippen LogP contribution is -2.30. The number of nitrogen functional groups attached to an aromatic ring is 2. The lowest BCUT2D eigenvalue weighted by Gasteiger charge is -2.22. The Morgan fingerprint density at radius 3 is 2.65 bits per heavy atom. The van der Waals surface area contributed by atoms with Crippen molar-refractivity contribution < 1.29 is 4.39 Å². The van der Waals surface area contributed by atoms with Gasteiger partial charge in [0.05, 0.1) is 0 Å². The number of aromatic nitrogens is 2. The van der Waals surface area contributed by atoms with E-state index >= 15 is 0 Å². The van der Waals surface area contributed by atoms with Gasteiger partial charge in [0.25, 0.3) is 0 Å². The minimum Gasteiger partial charge on any atom is -0.383 e. The fourth-order valence-corrected chi connectivity index (χ4v) is 2.93. The highest BCUT2D eigenvalue weighted by atomic mass is 19.1. The maximum Gasteiger partial charge on any atom is 0.223 e. The number of nitrogens with zero attached hydrogens (tertiary/aromatic N) is 3. The molecule has 0 unspecified atom stereocenters. The van der Waals surface area contributed by atoms with Crippen molar-refractivity contribution in [3.63, 3.8) is 0 Å². The average molecular weight is 316 g/mol. The van der Waals surface area contributed by atoms with Crippen LogP contribution in [0.5, 0.6) is 0 Å². The molecule has 1 aliphatic heterocycles. The predicted molar refractivity (Wildman–Crippen MR) is 89.7 cm³/mol. The molecule has 5 N–H and O–H groups in total. The predicted octanol–water partition coefficient (Wildman–Crippen LogP) is 1.17. The SMILES string of the molecule is CN[C@@H]1CCN(c2nc(N)nc(N)c2Cc2ccc(F)cc2)C1. The van der Waals surface area contributed by atoms with Gasteiger partial charge in [0.2, 0.25) is 5.95 Å². The maximum atomic E-state index is 13.1. The number of halogens is 1. The first-order chi connectivity index (χ1) is 11.1. The van der Waals surface area contributed by atoms with Crippen LogP contribution in [0.3, 0.4) is 0 Å². The van der Waals surface area contributed by atoms with E-state index in [0.29, 0.717) is 18.3 Å². The topological polar surface area (TPSA) is 93.1 Å². The molecule has 122 valence electrons. The first kappa shape index (κ1) is 15.5. The summed E-state index contributed by atoms with van der Waals surface area (Å²) in [5.41, 5.74) is 13.7. The Balaban J connectivity index is 1.93. The number of hydrogen-bond acceptors (Lipinski definition) is 6. The highest BCUT2D eigenvalue weighted by Gasteiger charge is 2.25. The van der Waals surface area contributed by atoms with E-state index in [1.54, 1.807) is 12.1 Å². The maximum absolute atomic E-state index is 13.1. The quantitative estimate of drug-likeness (QED) is 0.784. The summed E-state index contributed by atoms with van der Waals surface area (Å²) in [6, 6.07) is 6.79. The van der Waals surface area contributed by atoms with Gasteiger partial charge in [-0.25, -0.2) is 4.39 Å². The zero-order valence-corrected chi connectivity index (χ0v) is 13.1. The number of nitrogens with one attached hydrogen (secondary N) is 1. The molecule has 2 heterocycles. The second kappa shape index (κ2) is 6.37. The lowest BCUT2D eigenvalue weighted by atomic mass is 10.1. The zero-order chi connectivity index (χ0) is 16.4. The smallest absolute Gasteiger partial charge is 0.223 e. The Hall–Kier alpha value is -2.41. The first-order valence-electron chi connectivity index (χ1n) is 7.65. The number of rotatable bonds is 4. The molecule has 2 aromatic rings. The van der Waals surface area contributed by atoms with Gasteiger partial charge in [-0.2, -0.15) is 9.97 Å². The largest absolute Gasteiger partial charge is 0.383 e. The van der Waals surface area contributed by atoms with Crippen LogP contribution in [-0.2, 0) is 6.42 Å². The van der Waals surface area contributed by atoms with Gasteiger partial charge in [-0.3, -0.25) is 0 Å². The number of anilines is 3. The molecule has 0 amide bonds. The number of benzene rings is 1. The molecule has 6 nitrogen and oxygen atoms in total. The molecule has 1 atom stereocenters. The van der Waals surface area contributed by atoms with Crippen LogP contribution in [0.15, 0.2) is 24.3 Å². The summed E-state index contributed by atoms with van der Waals surface area (Å²) in [7, 11) is 1.95. The summed E-state index contributed by atoms with van der Waals surface area (Å²) in [5, 5.41) is 3.28. The molecule has 1 aliphatic rings. The summed E-state index contributed by atoms with van der Waals surface area (Å²) >= 11 is 0. The highest BCUT2D eigenvalue weighted by Crippen LogP contribution is 2.29. The third-order valence-electron chi connectivity index (χ3n) is 4.22. The lowest BCUT2D eigenvalue weighted by molar-refractivity contribution is 0.616. The van der Waals surface area contributed by atoms with Crippen LogP contribution in [0.2, 0.25) is 0 Å². The Morgan fingerprint density at radius 1 is 1.26 bits per heavy atom. The third kappa shape index (κ3) is 3.34. The average Bonchev–Trinajstić information content (AvgIpc) is 3.00. The van der Waals surface area contributed by atoms with Crippen molar-refractivity contribution >= 4 is 17.6 Å². The minimum atomic E-state index is -0.257. The molecule has 1 aromatic heterocycles. The fourth-order valence-electron chi connectivity index (χ4n) is 2.93.